The lowest BCUT2D eigenvalue weighted by Crippen LogP contribution is -2.68. The number of carbonyl (C=O) groups excluding carboxylic acids is 6. The lowest BCUT2D eigenvalue weighted by Gasteiger charge is -2.46. The molecule has 5 heterocycles. The van der Waals surface area contributed by atoms with Crippen molar-refractivity contribution < 1.29 is 106 Å². The minimum atomic E-state index is -5.56. The van der Waals surface area contributed by atoms with E-state index in [2.05, 4.69) is 26.3 Å². The highest BCUT2D eigenvalue weighted by atomic mass is 33.1. The number of rotatable bonds is 30. The molecule has 0 radical (unpaired) electrons. The minimum Gasteiger partial charge on any atom is -0.508 e. The molecule has 3 saturated heterocycles. The van der Waals surface area contributed by atoms with Crippen LogP contribution in [0.25, 0.3) is 33.4 Å². The van der Waals surface area contributed by atoms with Gasteiger partial charge in [0, 0.05) is 117 Å². The Morgan fingerprint density at radius 1 is 0.839 bits per heavy atom. The third kappa shape index (κ3) is 18.8. The van der Waals surface area contributed by atoms with Crippen LogP contribution in [0.2, 0.25) is 0 Å². The number of aliphatic hydroxyl groups excluding tert-OH is 5. The van der Waals surface area contributed by atoms with Gasteiger partial charge in [-0.05, 0) is 48.4 Å². The molecule has 14 N–H and O–H groups in total. The van der Waals surface area contributed by atoms with Crippen molar-refractivity contribution in [2.45, 2.75) is 86.8 Å². The summed E-state index contributed by atoms with van der Waals surface area (Å²) in [6, 6.07) is 15.6. The predicted molar refractivity (Wildman–Crippen MR) is 329 cm³/mol. The molecule has 0 bridgehead atoms. The Hall–Kier alpha value is -7.61. The number of carboxylic acids is 1. The normalized spacial score (nSPS) is 22.0. The van der Waals surface area contributed by atoms with Gasteiger partial charge in [-0.2, -0.15) is 4.98 Å². The van der Waals surface area contributed by atoms with Gasteiger partial charge in [0.15, 0.2) is 11.7 Å². The van der Waals surface area contributed by atoms with E-state index < -0.39 is 118 Å². The maximum Gasteiger partial charge on any atom is 0.475 e. The van der Waals surface area contributed by atoms with E-state index >= 15 is 0 Å². The molecule has 1 aliphatic carbocycles. The van der Waals surface area contributed by atoms with Crippen LogP contribution in [-0.2, 0) is 56.6 Å². The van der Waals surface area contributed by atoms with Crippen LogP contribution in [0.1, 0.15) is 48.7 Å². The molecule has 10 atom stereocenters. The Labute approximate surface area is 536 Å². The highest BCUT2D eigenvalue weighted by molar-refractivity contribution is 8.76. The van der Waals surface area contributed by atoms with E-state index in [-0.39, 0.29) is 113 Å². The van der Waals surface area contributed by atoms with Crippen LogP contribution in [0.3, 0.4) is 0 Å². The molecule has 504 valence electrons. The van der Waals surface area contributed by atoms with E-state index in [0.29, 0.717) is 50.5 Å². The van der Waals surface area contributed by atoms with Gasteiger partial charge in [0.25, 0.3) is 11.7 Å². The largest absolute Gasteiger partial charge is 0.508 e. The van der Waals surface area contributed by atoms with Crippen LogP contribution in [0, 0.1) is 0 Å². The molecule has 1 unspecified atom stereocenters. The molecular formula is C57H70N9O24PS2. The molecule has 0 saturated carbocycles. The lowest BCUT2D eigenvalue weighted by molar-refractivity contribution is -0.289. The summed E-state index contributed by atoms with van der Waals surface area (Å²) in [5, 5.41) is 83.4. The first-order valence-corrected chi connectivity index (χ1v) is 33.0. The SMILES string of the molecule is Nc1ccn([C@@H]2O[C@H](COP(=O)(O)O[C@@]3(C(=O)O)C[C@H](O)[C@@H](NC(=O)CNC(=O)CCCC(=O)NCCSSCCNC(=O)COCC(=O)N4CCN(C(=O)c5ccccc5-c5c6ccc(=O)cc-6oc6cc(O)ccc56)CC4)[C@H]([C@H](O)[C@H](O)CO)O3)C[C@H]2O)c(=O)n1. The Kier molecular flexibility index (Phi) is 24.9. The zero-order chi connectivity index (χ0) is 67.1. The number of phosphoric ester groups is 1. The van der Waals surface area contributed by atoms with E-state index in [1.165, 1.54) is 58.1 Å². The predicted octanol–water partition coefficient (Wildman–Crippen LogP) is -1.78. The number of nitrogen functional groups attached to an aromatic ring is 1. The molecule has 36 heteroatoms. The van der Waals surface area contributed by atoms with E-state index in [9.17, 15) is 88.4 Å². The maximum absolute atomic E-state index is 14.1. The minimum absolute atomic E-state index is 0.0302. The fraction of sp³-hybridized carbons (Fsp3) is 0.474. The number of phosphoric acid groups is 1. The maximum atomic E-state index is 14.1. The number of aromatic nitrogens is 2. The second-order valence-corrected chi connectivity index (χ2v) is 25.7. The number of aliphatic carboxylic acids is 1. The number of fused-ring (bicyclic) bond motifs is 2. The van der Waals surface area contributed by atoms with Crippen molar-refractivity contribution in [1.29, 1.82) is 0 Å². The number of carboxylic acid groups (broad SMARTS) is 1. The quantitative estimate of drug-likeness (QED) is 0.0105. The molecule has 93 heavy (non-hydrogen) atoms. The Balaban J connectivity index is 0.667. The van der Waals surface area contributed by atoms with Gasteiger partial charge in [-0.3, -0.25) is 42.7 Å². The summed E-state index contributed by atoms with van der Waals surface area (Å²) < 4.78 is 46.4. The highest BCUT2D eigenvalue weighted by Crippen LogP contribution is 2.52. The number of hydrogen-bond donors (Lipinski definition) is 13. The molecule has 3 aromatic rings. The number of phenolic OH excluding ortho intramolecular Hbond substituents is 1. The van der Waals surface area contributed by atoms with Crippen LogP contribution < -0.4 is 38.1 Å². The van der Waals surface area contributed by atoms with E-state index in [4.69, 9.17) is 33.4 Å². The van der Waals surface area contributed by atoms with E-state index in [0.717, 1.165) is 4.57 Å². The summed E-state index contributed by atoms with van der Waals surface area (Å²) in [4.78, 5) is 132. The summed E-state index contributed by atoms with van der Waals surface area (Å²) in [5.41, 5.74) is 6.95. The molecule has 4 aliphatic heterocycles. The first kappa shape index (κ1) is 71.2. The van der Waals surface area contributed by atoms with Gasteiger partial charge < -0.3 is 96.1 Å². The van der Waals surface area contributed by atoms with E-state index in [1.807, 2.05) is 6.07 Å². The van der Waals surface area contributed by atoms with Gasteiger partial charge in [-0.1, -0.05) is 39.8 Å². The van der Waals surface area contributed by atoms with Crippen molar-refractivity contribution in [2.75, 3.05) is 89.5 Å². The highest BCUT2D eigenvalue weighted by Gasteiger charge is 2.59. The van der Waals surface area contributed by atoms with Gasteiger partial charge in [0.05, 0.1) is 38.0 Å². The standard InChI is InChI=1S/C57H70N9O24PS2/c58-43-12-15-66(56(82)62-43)54-38(70)24-33(87-54)28-86-91(83,84)90-57(55(80)81)25-39(71)50(52(89-57)51(78)40(72)27-67)63-46(75)26-61-45(74)7-3-6-44(73)59-13-20-92-93-21-14-60-47(76)29-85-30-48(77)64-16-18-65(19-17-64)53(79)35-5-2-1-4-34(35)49-36-10-8-31(68)22-41(36)88-42-23-32(69)9-11-37(42)49/h1-2,4-5,8-12,15,22-23,33,38-40,50-52,54,67-68,70-72,78H,3,6-7,13-14,16-21,24-30H2,(H,59,73)(H,60,76)(H,61,74)(H,63,75)(H,80,81)(H,83,84)(H2,58,62,82)/t33-,38+,39-,40+,50+,51+,52+,54+,57+/m0/s1. The molecular weight excluding hydrogens is 1290 g/mol. The van der Waals surface area contributed by atoms with Gasteiger partial charge >= 0.3 is 19.5 Å². The topological polar surface area (TPSA) is 490 Å². The number of hydrogen-bond acceptors (Lipinski definition) is 26. The number of aromatic hydroxyl groups is 1. The second kappa shape index (κ2) is 32.5. The number of amides is 6. The van der Waals surface area contributed by atoms with Gasteiger partial charge in [0.1, 0.15) is 60.5 Å². The van der Waals surface area contributed by atoms with Crippen molar-refractivity contribution in [2.24, 2.45) is 0 Å². The van der Waals surface area contributed by atoms with Crippen molar-refractivity contribution in [3.63, 3.8) is 0 Å². The third-order valence-corrected chi connectivity index (χ3v) is 18.4. The molecule has 2 aromatic carbocycles. The fourth-order valence-corrected chi connectivity index (χ4v) is 13.2. The van der Waals surface area contributed by atoms with Gasteiger partial charge in [-0.15, -0.1) is 0 Å². The van der Waals surface area contributed by atoms with Gasteiger partial charge in [-0.25, -0.2) is 18.7 Å². The fourth-order valence-electron chi connectivity index (χ4n) is 10.4. The second-order valence-electron chi connectivity index (χ2n) is 21.6. The zero-order valence-electron chi connectivity index (χ0n) is 49.5. The van der Waals surface area contributed by atoms with Crippen molar-refractivity contribution in [3.8, 4) is 28.2 Å². The van der Waals surface area contributed by atoms with Crippen molar-refractivity contribution in [1.82, 2.24) is 40.6 Å². The van der Waals surface area contributed by atoms with Crippen LogP contribution in [0.15, 0.2) is 86.9 Å². The molecule has 1 aromatic heterocycles. The molecule has 5 aliphatic rings. The number of anilines is 1. The Bertz CT molecular complexity index is 3650. The Morgan fingerprint density at radius 2 is 1.53 bits per heavy atom. The number of nitrogens with two attached hydrogens (primary N) is 1. The summed E-state index contributed by atoms with van der Waals surface area (Å²) in [6.45, 7) is -1.94. The molecule has 33 nitrogen and oxygen atoms in total. The first-order chi connectivity index (χ1) is 44.3. The summed E-state index contributed by atoms with van der Waals surface area (Å²) in [7, 11) is -2.70. The summed E-state index contributed by atoms with van der Waals surface area (Å²) in [5.74, 6) is -7.41. The zero-order valence-corrected chi connectivity index (χ0v) is 52.0. The number of nitrogens with one attached hydrogen (secondary N) is 4. The number of nitrogens with zero attached hydrogens (tertiary/aromatic N) is 4. The van der Waals surface area contributed by atoms with E-state index in [1.54, 1.807) is 40.1 Å². The number of benzene rings is 3. The van der Waals surface area contributed by atoms with Crippen molar-refractivity contribution in [3.05, 3.63) is 99.2 Å². The summed E-state index contributed by atoms with van der Waals surface area (Å²) >= 11 is 0. The number of carbonyl (C=O) groups is 7. The Morgan fingerprint density at radius 3 is 2.23 bits per heavy atom. The van der Waals surface area contributed by atoms with Crippen LogP contribution in [0.5, 0.6) is 5.75 Å². The molecule has 3 fully saturated rings. The number of aliphatic hydroxyl groups is 5. The average molecular weight is 1360 g/mol. The van der Waals surface area contributed by atoms with Crippen LogP contribution in [0.4, 0.5) is 5.82 Å². The number of phenols is 1. The number of ether oxygens (including phenoxy) is 3. The van der Waals surface area contributed by atoms with Crippen molar-refractivity contribution >= 4 is 87.6 Å². The molecule has 0 spiro atoms. The summed E-state index contributed by atoms with van der Waals surface area (Å²) in [6.07, 6.45) is -13.0. The third-order valence-electron chi connectivity index (χ3n) is 15.0. The monoisotopic (exact) mass is 1360 g/mol. The average Bonchev–Trinajstić information content (AvgIpc) is 1.25. The number of piperazine rings is 1. The van der Waals surface area contributed by atoms with Crippen LogP contribution in [-0.4, -0.2) is 234 Å². The molecule has 6 amide bonds. The van der Waals surface area contributed by atoms with Gasteiger partial charge in [0.2, 0.25) is 29.5 Å². The molecule has 8 rings (SSSR count). The van der Waals surface area contributed by atoms with Crippen LogP contribution >= 0.6 is 29.4 Å². The lowest BCUT2D eigenvalue weighted by atomic mass is 9.88. The smallest absolute Gasteiger partial charge is 0.475 e. The first-order valence-electron chi connectivity index (χ1n) is 29.1.